The lowest BCUT2D eigenvalue weighted by atomic mass is 10.1. The standard InChI is InChI=1S/C20H22BrNO2S/c1-2-3-13-24-18-10-6-15(7-11-18)19(23)22-12-14-25-20(22)16-4-8-17(21)9-5-16/h4-11,20H,2-3,12-14H2,1H3. The first-order valence-electron chi connectivity index (χ1n) is 8.60. The van der Waals surface area contributed by atoms with Gasteiger partial charge in [-0.05, 0) is 48.4 Å². The quantitative estimate of drug-likeness (QED) is 0.577. The van der Waals surface area contributed by atoms with E-state index in [2.05, 4.69) is 35.0 Å². The highest BCUT2D eigenvalue weighted by atomic mass is 79.9. The van der Waals surface area contributed by atoms with Gasteiger partial charge in [-0.25, -0.2) is 0 Å². The van der Waals surface area contributed by atoms with Crippen LogP contribution in [0.15, 0.2) is 53.0 Å². The van der Waals surface area contributed by atoms with Gasteiger partial charge in [0, 0.05) is 22.3 Å². The largest absolute Gasteiger partial charge is 0.494 e. The SMILES string of the molecule is CCCCOc1ccc(C(=O)N2CCSC2c2ccc(Br)cc2)cc1. The summed E-state index contributed by atoms with van der Waals surface area (Å²) in [6, 6.07) is 15.7. The topological polar surface area (TPSA) is 29.5 Å². The zero-order valence-corrected chi connectivity index (χ0v) is 16.7. The Morgan fingerprint density at radius 3 is 2.60 bits per heavy atom. The third kappa shape index (κ3) is 4.59. The fourth-order valence-electron chi connectivity index (χ4n) is 2.78. The number of amides is 1. The first-order chi connectivity index (χ1) is 12.2. The van der Waals surface area contributed by atoms with E-state index in [0.29, 0.717) is 5.56 Å². The van der Waals surface area contributed by atoms with Gasteiger partial charge in [0.2, 0.25) is 0 Å². The number of hydrogen-bond donors (Lipinski definition) is 0. The molecule has 3 nitrogen and oxygen atoms in total. The number of ether oxygens (including phenoxy) is 1. The van der Waals surface area contributed by atoms with Gasteiger partial charge in [0.1, 0.15) is 11.1 Å². The molecule has 0 N–H and O–H groups in total. The summed E-state index contributed by atoms with van der Waals surface area (Å²) in [6.45, 7) is 3.64. The van der Waals surface area contributed by atoms with Crippen LogP contribution in [0.25, 0.3) is 0 Å². The molecule has 1 unspecified atom stereocenters. The molecule has 3 rings (SSSR count). The molecule has 2 aromatic carbocycles. The average Bonchev–Trinajstić information content (AvgIpc) is 3.12. The minimum atomic E-state index is 0.0815. The molecule has 0 aromatic heterocycles. The maximum Gasteiger partial charge on any atom is 0.255 e. The minimum Gasteiger partial charge on any atom is -0.494 e. The Kier molecular flexibility index (Phi) is 6.43. The van der Waals surface area contributed by atoms with E-state index in [4.69, 9.17) is 4.74 Å². The highest BCUT2D eigenvalue weighted by Gasteiger charge is 2.31. The first kappa shape index (κ1) is 18.3. The molecule has 1 saturated heterocycles. The highest BCUT2D eigenvalue weighted by molar-refractivity contribution is 9.10. The van der Waals surface area contributed by atoms with E-state index >= 15 is 0 Å². The number of nitrogens with zero attached hydrogens (tertiary/aromatic N) is 1. The van der Waals surface area contributed by atoms with Gasteiger partial charge in [0.25, 0.3) is 5.91 Å². The summed E-state index contributed by atoms with van der Waals surface area (Å²) in [5.41, 5.74) is 1.88. The molecular weight excluding hydrogens is 398 g/mol. The highest BCUT2D eigenvalue weighted by Crippen LogP contribution is 2.39. The summed E-state index contributed by atoms with van der Waals surface area (Å²) in [5, 5.41) is 0.0843. The van der Waals surface area contributed by atoms with Crippen LogP contribution in [0.1, 0.15) is 41.1 Å². The second-order valence-electron chi connectivity index (χ2n) is 6.00. The predicted octanol–water partition coefficient (Wildman–Crippen LogP) is 5.52. The molecule has 1 aliphatic heterocycles. The fraction of sp³-hybridized carbons (Fsp3) is 0.350. The van der Waals surface area contributed by atoms with E-state index < -0.39 is 0 Å². The Morgan fingerprint density at radius 2 is 1.92 bits per heavy atom. The Hall–Kier alpha value is -1.46. The van der Waals surface area contributed by atoms with E-state index in [1.807, 2.05) is 53.1 Å². The normalized spacial score (nSPS) is 16.9. The van der Waals surface area contributed by atoms with E-state index in [0.717, 1.165) is 42.0 Å². The smallest absolute Gasteiger partial charge is 0.255 e. The molecule has 0 radical (unpaired) electrons. The van der Waals surface area contributed by atoms with Crippen LogP contribution in [0.2, 0.25) is 0 Å². The van der Waals surface area contributed by atoms with E-state index in [9.17, 15) is 4.79 Å². The van der Waals surface area contributed by atoms with E-state index in [-0.39, 0.29) is 11.3 Å². The number of thioether (sulfide) groups is 1. The second-order valence-corrected chi connectivity index (χ2v) is 8.10. The van der Waals surface area contributed by atoms with Crippen LogP contribution in [0.5, 0.6) is 5.75 Å². The first-order valence-corrected chi connectivity index (χ1v) is 10.4. The van der Waals surface area contributed by atoms with Crippen molar-refractivity contribution in [2.75, 3.05) is 18.9 Å². The second kappa shape index (κ2) is 8.77. The van der Waals surface area contributed by atoms with Crippen LogP contribution in [0, 0.1) is 0 Å². The van der Waals surface area contributed by atoms with E-state index in [1.165, 1.54) is 5.56 Å². The van der Waals surface area contributed by atoms with Crippen LogP contribution < -0.4 is 4.74 Å². The maximum atomic E-state index is 12.9. The van der Waals surface area contributed by atoms with Crippen molar-refractivity contribution < 1.29 is 9.53 Å². The van der Waals surface area contributed by atoms with Gasteiger partial charge < -0.3 is 9.64 Å². The molecular formula is C20H22BrNO2S. The molecule has 1 fully saturated rings. The van der Waals surface area contributed by atoms with Crippen LogP contribution >= 0.6 is 27.7 Å². The van der Waals surface area contributed by atoms with Gasteiger partial charge in [-0.2, -0.15) is 0 Å². The molecule has 1 atom stereocenters. The molecule has 0 bridgehead atoms. The molecule has 0 spiro atoms. The van der Waals surface area contributed by atoms with Gasteiger partial charge in [-0.3, -0.25) is 4.79 Å². The Labute approximate surface area is 161 Å². The number of unbranched alkanes of at least 4 members (excludes halogenated alkanes) is 1. The summed E-state index contributed by atoms with van der Waals surface area (Å²) in [6.07, 6.45) is 2.15. The molecule has 1 amide bonds. The summed E-state index contributed by atoms with van der Waals surface area (Å²) in [5.74, 6) is 1.87. The van der Waals surface area contributed by atoms with Crippen molar-refractivity contribution in [3.05, 3.63) is 64.1 Å². The van der Waals surface area contributed by atoms with Crippen molar-refractivity contribution >= 4 is 33.6 Å². The predicted molar refractivity (Wildman–Crippen MR) is 107 cm³/mol. The molecule has 1 aliphatic rings. The van der Waals surface area contributed by atoms with Crippen LogP contribution in [0.3, 0.4) is 0 Å². The lowest BCUT2D eigenvalue weighted by Crippen LogP contribution is -2.30. The van der Waals surface area contributed by atoms with Gasteiger partial charge >= 0.3 is 0 Å². The Balaban J connectivity index is 1.69. The molecule has 132 valence electrons. The summed E-state index contributed by atoms with van der Waals surface area (Å²) < 4.78 is 6.73. The van der Waals surface area contributed by atoms with Gasteiger partial charge in [0.15, 0.2) is 0 Å². The Bertz CT molecular complexity index is 703. The molecule has 5 heteroatoms. The Morgan fingerprint density at radius 1 is 1.20 bits per heavy atom. The third-order valence-corrected chi connectivity index (χ3v) is 5.96. The monoisotopic (exact) mass is 419 g/mol. The van der Waals surface area contributed by atoms with Crippen molar-refractivity contribution in [3.63, 3.8) is 0 Å². The number of halogens is 1. The summed E-state index contributed by atoms with van der Waals surface area (Å²) in [4.78, 5) is 14.9. The van der Waals surface area contributed by atoms with Crippen LogP contribution in [-0.4, -0.2) is 29.7 Å². The number of carbonyl (C=O) groups excluding carboxylic acids is 1. The molecule has 25 heavy (non-hydrogen) atoms. The molecule has 1 heterocycles. The summed E-state index contributed by atoms with van der Waals surface area (Å²) in [7, 11) is 0. The molecule has 0 saturated carbocycles. The van der Waals surface area contributed by atoms with Crippen LogP contribution in [-0.2, 0) is 0 Å². The minimum absolute atomic E-state index is 0.0815. The number of benzene rings is 2. The van der Waals surface area contributed by atoms with Gasteiger partial charge in [-0.1, -0.05) is 41.4 Å². The average molecular weight is 420 g/mol. The van der Waals surface area contributed by atoms with Crippen LogP contribution in [0.4, 0.5) is 0 Å². The van der Waals surface area contributed by atoms with Crippen molar-refractivity contribution in [1.29, 1.82) is 0 Å². The van der Waals surface area contributed by atoms with E-state index in [1.54, 1.807) is 0 Å². The van der Waals surface area contributed by atoms with Crippen molar-refractivity contribution in [2.24, 2.45) is 0 Å². The number of hydrogen-bond acceptors (Lipinski definition) is 3. The van der Waals surface area contributed by atoms with Gasteiger partial charge in [-0.15, -0.1) is 11.8 Å². The van der Waals surface area contributed by atoms with Crippen molar-refractivity contribution in [3.8, 4) is 5.75 Å². The lowest BCUT2D eigenvalue weighted by molar-refractivity contribution is 0.0760. The number of rotatable bonds is 6. The van der Waals surface area contributed by atoms with Gasteiger partial charge in [0.05, 0.1) is 6.61 Å². The maximum absolute atomic E-state index is 12.9. The molecule has 2 aromatic rings. The zero-order chi connectivity index (χ0) is 17.6. The van der Waals surface area contributed by atoms with Crippen molar-refractivity contribution in [1.82, 2.24) is 4.90 Å². The fourth-order valence-corrected chi connectivity index (χ4v) is 4.30. The zero-order valence-electron chi connectivity index (χ0n) is 14.3. The lowest BCUT2D eigenvalue weighted by Gasteiger charge is -2.24. The number of carbonyl (C=O) groups is 1. The summed E-state index contributed by atoms with van der Waals surface area (Å²) >= 11 is 5.28. The molecule has 0 aliphatic carbocycles. The third-order valence-electron chi connectivity index (χ3n) is 4.17. The van der Waals surface area contributed by atoms with Crippen molar-refractivity contribution in [2.45, 2.75) is 25.1 Å².